The summed E-state index contributed by atoms with van der Waals surface area (Å²) < 4.78 is 1.30. The van der Waals surface area contributed by atoms with Gasteiger partial charge in [-0.05, 0) is 77.3 Å². The Hall–Kier alpha value is -0.130. The molecule has 2 fully saturated rings. The molecule has 2 nitrogen and oxygen atoms in total. The predicted octanol–water partition coefficient (Wildman–Crippen LogP) is 3.10. The fraction of sp³-hybridized carbons (Fsp3) is 0.600. The normalized spacial score (nSPS) is 31.8. The third kappa shape index (κ3) is 2.58. The second-order valence-corrected chi connectivity index (χ2v) is 7.04. The van der Waals surface area contributed by atoms with Crippen molar-refractivity contribution in [2.45, 2.75) is 38.1 Å². The molecule has 1 aromatic rings. The van der Waals surface area contributed by atoms with E-state index in [1.807, 2.05) is 0 Å². The molecule has 0 aliphatic heterocycles. The highest BCUT2D eigenvalue weighted by Gasteiger charge is 2.53. The molecule has 3 heteroatoms. The second-order valence-electron chi connectivity index (χ2n) is 5.79. The molecule has 2 aliphatic carbocycles. The second kappa shape index (κ2) is 5.47. The first-order chi connectivity index (χ1) is 8.79. The molecule has 0 bridgehead atoms. The van der Waals surface area contributed by atoms with Crippen LogP contribution in [-0.4, -0.2) is 6.04 Å². The summed E-state index contributed by atoms with van der Waals surface area (Å²) in [6, 6.07) is 9.31. The minimum absolute atomic E-state index is 0.471. The first-order valence-electron chi connectivity index (χ1n) is 7.00. The largest absolute Gasteiger partial charge is 0.271 e. The van der Waals surface area contributed by atoms with Crippen molar-refractivity contribution in [2.75, 3.05) is 0 Å². The standard InChI is InChI=1S/C15H21IN2/c16-11-7-5-10(6-8-11)9-14(18-17)15-12-3-1-2-4-13(12)15/h5-8,12-15,18H,1-4,9,17H2. The molecule has 18 heavy (non-hydrogen) atoms. The zero-order valence-corrected chi connectivity index (χ0v) is 12.8. The van der Waals surface area contributed by atoms with Crippen LogP contribution in [0.4, 0.5) is 0 Å². The van der Waals surface area contributed by atoms with Gasteiger partial charge in [-0.25, -0.2) is 0 Å². The van der Waals surface area contributed by atoms with Gasteiger partial charge in [0.15, 0.2) is 0 Å². The quantitative estimate of drug-likeness (QED) is 0.494. The molecular weight excluding hydrogens is 335 g/mol. The fourth-order valence-corrected chi connectivity index (χ4v) is 4.18. The molecule has 2 aliphatic rings. The van der Waals surface area contributed by atoms with Crippen LogP contribution in [0.5, 0.6) is 0 Å². The summed E-state index contributed by atoms with van der Waals surface area (Å²) in [6.07, 6.45) is 6.79. The number of rotatable bonds is 4. The topological polar surface area (TPSA) is 38.0 Å². The Morgan fingerprint density at radius 3 is 2.33 bits per heavy atom. The van der Waals surface area contributed by atoms with Gasteiger partial charge in [-0.15, -0.1) is 0 Å². The van der Waals surface area contributed by atoms with Gasteiger partial charge in [-0.3, -0.25) is 11.3 Å². The van der Waals surface area contributed by atoms with Crippen LogP contribution >= 0.6 is 22.6 Å². The van der Waals surface area contributed by atoms with Crippen molar-refractivity contribution in [3.05, 3.63) is 33.4 Å². The average Bonchev–Trinajstić information content (AvgIpc) is 3.12. The Labute approximate surface area is 123 Å². The summed E-state index contributed by atoms with van der Waals surface area (Å²) in [5.41, 5.74) is 4.49. The molecular formula is C15H21IN2. The van der Waals surface area contributed by atoms with Crippen LogP contribution < -0.4 is 11.3 Å². The molecule has 0 saturated heterocycles. The van der Waals surface area contributed by atoms with Crippen molar-refractivity contribution >= 4 is 22.6 Å². The molecule has 0 radical (unpaired) electrons. The van der Waals surface area contributed by atoms with E-state index in [-0.39, 0.29) is 0 Å². The lowest BCUT2D eigenvalue weighted by Gasteiger charge is -2.16. The molecule has 0 aromatic heterocycles. The molecule has 3 rings (SSSR count). The van der Waals surface area contributed by atoms with Gasteiger partial charge in [-0.1, -0.05) is 25.0 Å². The van der Waals surface area contributed by atoms with Crippen LogP contribution in [0.15, 0.2) is 24.3 Å². The van der Waals surface area contributed by atoms with Gasteiger partial charge < -0.3 is 0 Å². The molecule has 3 unspecified atom stereocenters. The summed E-state index contributed by atoms with van der Waals surface area (Å²) in [5, 5.41) is 0. The third-order valence-corrected chi connectivity index (χ3v) is 5.49. The minimum atomic E-state index is 0.471. The van der Waals surface area contributed by atoms with Gasteiger partial charge >= 0.3 is 0 Å². The van der Waals surface area contributed by atoms with E-state index in [2.05, 4.69) is 52.3 Å². The summed E-state index contributed by atoms with van der Waals surface area (Å²) in [4.78, 5) is 0. The van der Waals surface area contributed by atoms with Gasteiger partial charge in [0.05, 0.1) is 0 Å². The molecule has 1 aromatic carbocycles. The van der Waals surface area contributed by atoms with Crippen molar-refractivity contribution in [1.82, 2.24) is 5.43 Å². The summed E-state index contributed by atoms with van der Waals surface area (Å²) in [5.74, 6) is 8.55. The monoisotopic (exact) mass is 356 g/mol. The zero-order valence-electron chi connectivity index (χ0n) is 10.6. The maximum absolute atomic E-state index is 5.79. The Balaban J connectivity index is 1.65. The number of nitrogens with one attached hydrogen (secondary N) is 1. The summed E-state index contributed by atoms with van der Waals surface area (Å²) >= 11 is 2.35. The molecule has 2 saturated carbocycles. The van der Waals surface area contributed by atoms with Gasteiger partial charge in [0, 0.05) is 9.61 Å². The lowest BCUT2D eigenvalue weighted by Crippen LogP contribution is -2.39. The fourth-order valence-electron chi connectivity index (χ4n) is 3.83. The van der Waals surface area contributed by atoms with E-state index in [9.17, 15) is 0 Å². The number of nitrogens with two attached hydrogens (primary N) is 1. The lowest BCUT2D eigenvalue weighted by molar-refractivity contribution is 0.437. The van der Waals surface area contributed by atoms with Crippen LogP contribution in [0.25, 0.3) is 0 Å². The van der Waals surface area contributed by atoms with E-state index in [1.165, 1.54) is 34.8 Å². The van der Waals surface area contributed by atoms with Crippen molar-refractivity contribution in [1.29, 1.82) is 0 Å². The number of hydrogen-bond acceptors (Lipinski definition) is 2. The van der Waals surface area contributed by atoms with E-state index in [0.717, 1.165) is 24.2 Å². The molecule has 0 heterocycles. The molecule has 3 atom stereocenters. The number of benzene rings is 1. The summed E-state index contributed by atoms with van der Waals surface area (Å²) in [7, 11) is 0. The Morgan fingerprint density at radius 1 is 1.17 bits per heavy atom. The molecule has 0 amide bonds. The number of halogens is 1. The summed E-state index contributed by atoms with van der Waals surface area (Å²) in [6.45, 7) is 0. The maximum atomic E-state index is 5.79. The lowest BCUT2D eigenvalue weighted by atomic mass is 10.0. The zero-order chi connectivity index (χ0) is 12.5. The SMILES string of the molecule is NNC(Cc1ccc(I)cc1)C1C2CCCCC21. The highest BCUT2D eigenvalue weighted by Crippen LogP contribution is 2.57. The smallest absolute Gasteiger partial charge is 0.0284 e. The van der Waals surface area contributed by atoms with E-state index in [0.29, 0.717) is 6.04 Å². The predicted molar refractivity (Wildman–Crippen MR) is 82.9 cm³/mol. The van der Waals surface area contributed by atoms with Crippen molar-refractivity contribution < 1.29 is 0 Å². The first kappa shape index (κ1) is 12.9. The van der Waals surface area contributed by atoms with Crippen molar-refractivity contribution in [2.24, 2.45) is 23.6 Å². The van der Waals surface area contributed by atoms with Gasteiger partial charge in [-0.2, -0.15) is 0 Å². The van der Waals surface area contributed by atoms with E-state index in [1.54, 1.807) is 0 Å². The van der Waals surface area contributed by atoms with Gasteiger partial charge in [0.25, 0.3) is 0 Å². The Morgan fingerprint density at radius 2 is 1.78 bits per heavy atom. The molecule has 3 N–H and O–H groups in total. The van der Waals surface area contributed by atoms with Crippen LogP contribution in [0.2, 0.25) is 0 Å². The highest BCUT2D eigenvalue weighted by molar-refractivity contribution is 14.1. The number of hydrogen-bond donors (Lipinski definition) is 2. The van der Waals surface area contributed by atoms with Crippen LogP contribution in [0.1, 0.15) is 31.2 Å². The van der Waals surface area contributed by atoms with Crippen LogP contribution in [-0.2, 0) is 6.42 Å². The minimum Gasteiger partial charge on any atom is -0.271 e. The van der Waals surface area contributed by atoms with Crippen molar-refractivity contribution in [3.8, 4) is 0 Å². The number of hydrazine groups is 1. The third-order valence-electron chi connectivity index (χ3n) is 4.77. The Kier molecular flexibility index (Phi) is 3.91. The highest BCUT2D eigenvalue weighted by atomic mass is 127. The maximum Gasteiger partial charge on any atom is 0.0284 e. The van der Waals surface area contributed by atoms with Crippen molar-refractivity contribution in [3.63, 3.8) is 0 Å². The van der Waals surface area contributed by atoms with E-state index < -0.39 is 0 Å². The van der Waals surface area contributed by atoms with E-state index in [4.69, 9.17) is 5.84 Å². The van der Waals surface area contributed by atoms with E-state index >= 15 is 0 Å². The molecule has 0 spiro atoms. The average molecular weight is 356 g/mol. The first-order valence-corrected chi connectivity index (χ1v) is 8.08. The van der Waals surface area contributed by atoms with Crippen LogP contribution in [0, 0.1) is 21.3 Å². The van der Waals surface area contributed by atoms with Gasteiger partial charge in [0.1, 0.15) is 0 Å². The van der Waals surface area contributed by atoms with Gasteiger partial charge in [0.2, 0.25) is 0 Å². The van der Waals surface area contributed by atoms with Crippen LogP contribution in [0.3, 0.4) is 0 Å². The Bertz CT molecular complexity index is 391. The molecule has 98 valence electrons. The number of fused-ring (bicyclic) bond motifs is 1.